The van der Waals surface area contributed by atoms with Crippen LogP contribution in [0.5, 0.6) is 0 Å². The molecule has 0 aliphatic rings. The highest BCUT2D eigenvalue weighted by molar-refractivity contribution is 7.92. The summed E-state index contributed by atoms with van der Waals surface area (Å²) < 4.78 is 28.7. The van der Waals surface area contributed by atoms with Crippen LogP contribution in [-0.4, -0.2) is 14.3 Å². The molecule has 1 unspecified atom stereocenters. The SMILES string of the molecule is Cc1ccc(NS(=O)(=O)c2cc(C(=O)NC(C)c3cc(C)c(C)cc3C)ccc2Cl)c(C)c1. The van der Waals surface area contributed by atoms with E-state index in [1.165, 1.54) is 23.8 Å². The fourth-order valence-electron chi connectivity index (χ4n) is 3.79. The lowest BCUT2D eigenvalue weighted by molar-refractivity contribution is 0.0939. The van der Waals surface area contributed by atoms with Gasteiger partial charge >= 0.3 is 0 Å². The minimum absolute atomic E-state index is 0.0434. The normalized spacial score (nSPS) is 12.3. The highest BCUT2D eigenvalue weighted by Crippen LogP contribution is 2.27. The summed E-state index contributed by atoms with van der Waals surface area (Å²) in [6, 6.07) is 13.6. The molecule has 0 aliphatic heterocycles. The maximum atomic E-state index is 13.1. The van der Waals surface area contributed by atoms with Crippen LogP contribution < -0.4 is 10.0 Å². The van der Waals surface area contributed by atoms with Crippen molar-refractivity contribution < 1.29 is 13.2 Å². The lowest BCUT2D eigenvalue weighted by Crippen LogP contribution is -2.27. The van der Waals surface area contributed by atoms with Crippen molar-refractivity contribution in [2.45, 2.75) is 52.5 Å². The Morgan fingerprint density at radius 3 is 2.18 bits per heavy atom. The van der Waals surface area contributed by atoms with Gasteiger partial charge in [-0.05, 0) is 93.6 Å². The van der Waals surface area contributed by atoms with Crippen molar-refractivity contribution in [3.05, 3.63) is 92.5 Å². The second-order valence-corrected chi connectivity index (χ2v) is 10.6. The molecule has 1 atom stereocenters. The third-order valence-corrected chi connectivity index (χ3v) is 7.65. The molecule has 3 aromatic carbocycles. The zero-order valence-electron chi connectivity index (χ0n) is 19.7. The molecule has 174 valence electrons. The lowest BCUT2D eigenvalue weighted by atomic mass is 9.96. The van der Waals surface area contributed by atoms with Crippen molar-refractivity contribution >= 4 is 33.2 Å². The summed E-state index contributed by atoms with van der Waals surface area (Å²) in [5.74, 6) is -0.375. The first-order chi connectivity index (χ1) is 15.4. The molecule has 0 bridgehead atoms. The van der Waals surface area contributed by atoms with Crippen LogP contribution in [0.4, 0.5) is 5.69 Å². The van der Waals surface area contributed by atoms with E-state index in [4.69, 9.17) is 11.6 Å². The monoisotopic (exact) mass is 484 g/mol. The summed E-state index contributed by atoms with van der Waals surface area (Å²) in [5.41, 5.74) is 6.95. The second-order valence-electron chi connectivity index (χ2n) is 8.56. The van der Waals surface area contributed by atoms with Crippen molar-refractivity contribution in [1.82, 2.24) is 5.32 Å². The van der Waals surface area contributed by atoms with Crippen molar-refractivity contribution in [3.8, 4) is 0 Å². The minimum Gasteiger partial charge on any atom is -0.346 e. The number of sulfonamides is 1. The molecule has 0 heterocycles. The van der Waals surface area contributed by atoms with Crippen molar-refractivity contribution in [2.75, 3.05) is 4.72 Å². The summed E-state index contributed by atoms with van der Waals surface area (Å²) >= 11 is 6.22. The first-order valence-corrected chi connectivity index (χ1v) is 12.5. The fourth-order valence-corrected chi connectivity index (χ4v) is 5.44. The average Bonchev–Trinajstić information content (AvgIpc) is 2.72. The van der Waals surface area contributed by atoms with Crippen LogP contribution in [0.2, 0.25) is 5.02 Å². The van der Waals surface area contributed by atoms with E-state index in [-0.39, 0.29) is 27.4 Å². The Bertz CT molecular complexity index is 1330. The van der Waals surface area contributed by atoms with E-state index in [2.05, 4.69) is 29.1 Å². The number of nitrogens with one attached hydrogen (secondary N) is 2. The van der Waals surface area contributed by atoms with E-state index in [0.717, 1.165) is 27.8 Å². The Morgan fingerprint density at radius 2 is 1.52 bits per heavy atom. The van der Waals surface area contributed by atoms with E-state index >= 15 is 0 Å². The Hall–Kier alpha value is -2.83. The highest BCUT2D eigenvalue weighted by Gasteiger charge is 2.22. The Morgan fingerprint density at radius 1 is 0.848 bits per heavy atom. The molecular weight excluding hydrogens is 456 g/mol. The third-order valence-electron chi connectivity index (χ3n) is 5.81. The maximum absolute atomic E-state index is 13.1. The molecule has 0 saturated carbocycles. The number of anilines is 1. The molecule has 5 nitrogen and oxygen atoms in total. The van der Waals surface area contributed by atoms with Gasteiger partial charge in [-0.25, -0.2) is 8.42 Å². The molecule has 0 fully saturated rings. The third kappa shape index (κ3) is 5.57. The largest absolute Gasteiger partial charge is 0.346 e. The van der Waals surface area contributed by atoms with Gasteiger partial charge in [0.25, 0.3) is 15.9 Å². The quantitative estimate of drug-likeness (QED) is 0.439. The lowest BCUT2D eigenvalue weighted by Gasteiger charge is -2.19. The van der Waals surface area contributed by atoms with Crippen LogP contribution in [0.15, 0.2) is 53.4 Å². The van der Waals surface area contributed by atoms with Gasteiger partial charge in [-0.15, -0.1) is 0 Å². The molecule has 33 heavy (non-hydrogen) atoms. The highest BCUT2D eigenvalue weighted by atomic mass is 35.5. The Kier molecular flexibility index (Phi) is 7.20. The molecular formula is C26H29ClN2O3S. The van der Waals surface area contributed by atoms with Crippen LogP contribution >= 0.6 is 11.6 Å². The van der Waals surface area contributed by atoms with Crippen LogP contribution in [0, 0.1) is 34.6 Å². The second kappa shape index (κ2) is 9.57. The molecule has 0 spiro atoms. The van der Waals surface area contributed by atoms with E-state index in [1.807, 2.05) is 46.8 Å². The maximum Gasteiger partial charge on any atom is 0.263 e. The molecule has 1 amide bonds. The molecule has 3 rings (SSSR count). The van der Waals surface area contributed by atoms with Crippen LogP contribution in [0.1, 0.15) is 56.7 Å². The van der Waals surface area contributed by atoms with Gasteiger partial charge in [0.2, 0.25) is 0 Å². The smallest absolute Gasteiger partial charge is 0.263 e. The standard InChI is InChI=1S/C26H29ClN2O3S/c1-15-7-10-24(19(5)11-15)29-33(31,32)25-14-21(8-9-23(25)27)26(30)28-20(6)22-13-17(3)16(2)12-18(22)4/h7-14,20,29H,1-6H3,(H,28,30). The first-order valence-electron chi connectivity index (χ1n) is 10.7. The number of benzene rings is 3. The number of hydrogen-bond acceptors (Lipinski definition) is 3. The van der Waals surface area contributed by atoms with Gasteiger partial charge in [-0.3, -0.25) is 9.52 Å². The van der Waals surface area contributed by atoms with Gasteiger partial charge in [-0.2, -0.15) is 0 Å². The van der Waals surface area contributed by atoms with Crippen LogP contribution in [0.3, 0.4) is 0 Å². The predicted molar refractivity (Wildman–Crippen MR) is 135 cm³/mol. The Balaban J connectivity index is 1.87. The van der Waals surface area contributed by atoms with Gasteiger partial charge < -0.3 is 5.32 Å². The van der Waals surface area contributed by atoms with Crippen LogP contribution in [0.25, 0.3) is 0 Å². The number of rotatable bonds is 6. The van der Waals surface area contributed by atoms with Gasteiger partial charge in [0, 0.05) is 5.56 Å². The van der Waals surface area contributed by atoms with E-state index in [1.54, 1.807) is 6.07 Å². The minimum atomic E-state index is -4.00. The van der Waals surface area contributed by atoms with Gasteiger partial charge in [0.05, 0.1) is 16.8 Å². The zero-order chi connectivity index (χ0) is 24.5. The van der Waals surface area contributed by atoms with Crippen LogP contribution in [-0.2, 0) is 10.0 Å². The topological polar surface area (TPSA) is 75.3 Å². The number of aryl methyl sites for hydroxylation is 5. The van der Waals surface area contributed by atoms with Gasteiger partial charge in [-0.1, -0.05) is 41.4 Å². The Labute approximate surface area is 201 Å². The zero-order valence-corrected chi connectivity index (χ0v) is 21.3. The fraction of sp³-hybridized carbons (Fsp3) is 0.269. The molecule has 0 aliphatic carbocycles. The van der Waals surface area contributed by atoms with E-state index in [9.17, 15) is 13.2 Å². The number of carbonyl (C=O) groups is 1. The van der Waals surface area contributed by atoms with Crippen molar-refractivity contribution in [1.29, 1.82) is 0 Å². The van der Waals surface area contributed by atoms with Crippen molar-refractivity contribution in [3.63, 3.8) is 0 Å². The summed E-state index contributed by atoms with van der Waals surface area (Å²) in [6.07, 6.45) is 0. The van der Waals surface area contributed by atoms with Gasteiger partial charge in [0.1, 0.15) is 4.90 Å². The molecule has 2 N–H and O–H groups in total. The number of halogens is 1. The number of hydrogen-bond donors (Lipinski definition) is 2. The van der Waals surface area contributed by atoms with Crippen molar-refractivity contribution in [2.24, 2.45) is 0 Å². The molecule has 0 aromatic heterocycles. The molecule has 0 saturated heterocycles. The molecule has 7 heteroatoms. The summed E-state index contributed by atoms with van der Waals surface area (Å²) in [6.45, 7) is 11.8. The summed E-state index contributed by atoms with van der Waals surface area (Å²) in [5, 5.41) is 3.01. The predicted octanol–water partition coefficient (Wildman–Crippen LogP) is 6.17. The summed E-state index contributed by atoms with van der Waals surface area (Å²) in [4.78, 5) is 12.8. The number of carbonyl (C=O) groups excluding carboxylic acids is 1. The molecule has 0 radical (unpaired) electrons. The number of amides is 1. The molecule has 3 aromatic rings. The summed E-state index contributed by atoms with van der Waals surface area (Å²) in [7, 11) is -4.00. The van der Waals surface area contributed by atoms with E-state index < -0.39 is 10.0 Å². The first kappa shape index (κ1) is 24.8. The van der Waals surface area contributed by atoms with E-state index in [0.29, 0.717) is 5.69 Å². The van der Waals surface area contributed by atoms with Gasteiger partial charge in [0.15, 0.2) is 0 Å². The average molecular weight is 485 g/mol.